The van der Waals surface area contributed by atoms with Gasteiger partial charge in [0.2, 0.25) is 0 Å². The van der Waals surface area contributed by atoms with Gasteiger partial charge in [0, 0.05) is 18.8 Å². The molecule has 1 N–H and O–H groups in total. The van der Waals surface area contributed by atoms with Crippen LogP contribution in [0.4, 0.5) is 10.2 Å². The number of carbonyl (C=O) groups excluding carboxylic acids is 1. The Kier molecular flexibility index (Phi) is 5.98. The van der Waals surface area contributed by atoms with Crippen LogP contribution < -0.4 is 5.32 Å². The Balaban J connectivity index is 1.83. The molecule has 1 aliphatic heterocycles. The normalized spacial score (nSPS) is 15.8. The number of likely N-dealkylation sites (N-methyl/N-ethyl adjacent to an activating group) is 1. The number of hydrogen-bond donors (Lipinski definition) is 1. The number of sulfonamides is 1. The monoisotopic (exact) mass is 508 g/mol. The van der Waals surface area contributed by atoms with Crippen molar-refractivity contribution in [1.82, 2.24) is 14.1 Å². The average Bonchev–Trinajstić information content (AvgIpc) is 3.13. The van der Waals surface area contributed by atoms with Gasteiger partial charge in [-0.2, -0.15) is 5.10 Å². The third-order valence-corrected chi connectivity index (χ3v) is 7.84. The molecule has 0 fully saturated rings. The van der Waals surface area contributed by atoms with Crippen LogP contribution in [0.25, 0.3) is 0 Å². The Morgan fingerprint density at radius 1 is 1.09 bits per heavy atom. The van der Waals surface area contributed by atoms with Gasteiger partial charge in [0.25, 0.3) is 15.9 Å². The Morgan fingerprint density at radius 3 is 2.39 bits per heavy atom. The van der Waals surface area contributed by atoms with Crippen LogP contribution in [0.1, 0.15) is 24.2 Å². The fourth-order valence-electron chi connectivity index (χ4n) is 3.70. The molecule has 2 aromatic carbocycles. The van der Waals surface area contributed by atoms with Gasteiger partial charge in [-0.3, -0.25) is 4.79 Å². The Bertz CT molecular complexity index is 1400. The molecule has 0 radical (unpaired) electrons. The first-order chi connectivity index (χ1) is 15.5. The lowest BCUT2D eigenvalue weighted by Gasteiger charge is -2.31. The van der Waals surface area contributed by atoms with Gasteiger partial charge in [0.15, 0.2) is 0 Å². The van der Waals surface area contributed by atoms with Crippen LogP contribution in [-0.4, -0.2) is 35.5 Å². The second-order valence-corrected chi connectivity index (χ2v) is 10.4. The number of anilines is 1. The first kappa shape index (κ1) is 23.3. The lowest BCUT2D eigenvalue weighted by atomic mass is 9.95. The van der Waals surface area contributed by atoms with Crippen molar-refractivity contribution in [2.45, 2.75) is 24.8 Å². The van der Waals surface area contributed by atoms with E-state index in [1.807, 2.05) is 6.07 Å². The second-order valence-electron chi connectivity index (χ2n) is 7.59. The lowest BCUT2D eigenvalue weighted by Crippen LogP contribution is -2.39. The zero-order valence-corrected chi connectivity index (χ0v) is 20.1. The summed E-state index contributed by atoms with van der Waals surface area (Å²) in [7, 11) is -3.08. The summed E-state index contributed by atoms with van der Waals surface area (Å²) in [6, 6.07) is 10.3. The van der Waals surface area contributed by atoms with E-state index in [1.54, 1.807) is 36.7 Å². The standard InChI is InChI=1S/C22H19Cl2FN4O3S/c1-12-10-19-26-13(2)20(21(29(19)27-12)14-4-9-17(23)18(24)11-14)22(30)28(3)33(31,32)16-7-5-15(25)6-8-16/h4-11,21,26H,1-3H3. The highest BCUT2D eigenvalue weighted by Crippen LogP contribution is 2.39. The largest absolute Gasteiger partial charge is 0.344 e. The van der Waals surface area contributed by atoms with Gasteiger partial charge in [0.1, 0.15) is 17.7 Å². The number of benzene rings is 2. The summed E-state index contributed by atoms with van der Waals surface area (Å²) in [5, 5.41) is 8.25. The van der Waals surface area contributed by atoms with Crippen molar-refractivity contribution in [3.63, 3.8) is 0 Å². The fraction of sp³-hybridized carbons (Fsp3) is 0.182. The van der Waals surface area contributed by atoms with Gasteiger partial charge in [-0.15, -0.1) is 0 Å². The smallest absolute Gasteiger partial charge is 0.267 e. The molecular formula is C22H19Cl2FN4O3S. The Morgan fingerprint density at radius 2 is 1.76 bits per heavy atom. The number of allylic oxidation sites excluding steroid dienone is 1. The number of nitrogens with zero attached hydrogens (tertiary/aromatic N) is 3. The van der Waals surface area contributed by atoms with Crippen LogP contribution in [0.2, 0.25) is 10.0 Å². The summed E-state index contributed by atoms with van der Waals surface area (Å²) >= 11 is 12.3. The lowest BCUT2D eigenvalue weighted by molar-refractivity contribution is -0.122. The number of carbonyl (C=O) groups is 1. The van der Waals surface area contributed by atoms with E-state index in [0.717, 1.165) is 31.3 Å². The number of halogens is 3. The van der Waals surface area contributed by atoms with Crippen LogP contribution in [0.5, 0.6) is 0 Å². The first-order valence-electron chi connectivity index (χ1n) is 9.78. The van der Waals surface area contributed by atoms with Gasteiger partial charge >= 0.3 is 0 Å². The molecule has 3 aromatic rings. The SMILES string of the molecule is CC1=C(C(=O)N(C)S(=O)(=O)c2ccc(F)cc2)C(c2ccc(Cl)c(Cl)c2)n2nc(C)cc2N1. The number of nitrogens with one attached hydrogen (secondary N) is 1. The molecule has 1 aliphatic rings. The predicted molar refractivity (Wildman–Crippen MR) is 124 cm³/mol. The molecule has 33 heavy (non-hydrogen) atoms. The number of rotatable bonds is 4. The minimum atomic E-state index is -4.24. The molecule has 11 heteroatoms. The summed E-state index contributed by atoms with van der Waals surface area (Å²) < 4.78 is 41.8. The zero-order chi connectivity index (χ0) is 24.1. The minimum Gasteiger partial charge on any atom is -0.344 e. The Hall–Kier alpha value is -2.88. The Labute approximate surface area is 200 Å². The molecule has 0 aliphatic carbocycles. The summed E-state index contributed by atoms with van der Waals surface area (Å²) in [5.41, 5.74) is 1.93. The molecule has 172 valence electrons. The highest BCUT2D eigenvalue weighted by atomic mass is 35.5. The number of aryl methyl sites for hydroxylation is 1. The van der Waals surface area contributed by atoms with E-state index in [0.29, 0.717) is 32.1 Å². The average molecular weight is 509 g/mol. The summed E-state index contributed by atoms with van der Waals surface area (Å²) in [6.45, 7) is 3.49. The van der Waals surface area contributed by atoms with E-state index in [2.05, 4.69) is 10.4 Å². The molecule has 2 heterocycles. The van der Waals surface area contributed by atoms with Crippen molar-refractivity contribution >= 4 is 45.0 Å². The number of fused-ring (bicyclic) bond motifs is 1. The molecule has 0 spiro atoms. The van der Waals surface area contributed by atoms with Crippen molar-refractivity contribution in [1.29, 1.82) is 0 Å². The summed E-state index contributed by atoms with van der Waals surface area (Å²) in [4.78, 5) is 13.4. The van der Waals surface area contributed by atoms with Crippen molar-refractivity contribution < 1.29 is 17.6 Å². The van der Waals surface area contributed by atoms with Gasteiger partial charge in [0.05, 0.1) is 26.2 Å². The van der Waals surface area contributed by atoms with Crippen molar-refractivity contribution in [2.75, 3.05) is 12.4 Å². The van der Waals surface area contributed by atoms with E-state index in [-0.39, 0.29) is 15.5 Å². The highest BCUT2D eigenvalue weighted by molar-refractivity contribution is 7.89. The van der Waals surface area contributed by atoms with Crippen molar-refractivity contribution in [3.8, 4) is 0 Å². The second kappa shape index (κ2) is 8.48. The maximum Gasteiger partial charge on any atom is 0.267 e. The molecule has 0 saturated carbocycles. The molecule has 1 amide bonds. The van der Waals surface area contributed by atoms with Gasteiger partial charge < -0.3 is 5.32 Å². The van der Waals surface area contributed by atoms with Crippen LogP contribution in [0.15, 0.2) is 64.7 Å². The highest BCUT2D eigenvalue weighted by Gasteiger charge is 2.38. The van der Waals surface area contributed by atoms with E-state index in [1.165, 1.54) is 0 Å². The third-order valence-electron chi connectivity index (χ3n) is 5.34. The molecule has 0 bridgehead atoms. The van der Waals surface area contributed by atoms with Crippen molar-refractivity contribution in [3.05, 3.63) is 86.9 Å². The zero-order valence-electron chi connectivity index (χ0n) is 17.8. The first-order valence-corrected chi connectivity index (χ1v) is 12.0. The predicted octanol–water partition coefficient (Wildman–Crippen LogP) is 4.77. The minimum absolute atomic E-state index is 0.164. The van der Waals surface area contributed by atoms with E-state index < -0.39 is 27.8 Å². The molecule has 7 nitrogen and oxygen atoms in total. The summed E-state index contributed by atoms with van der Waals surface area (Å²) in [5.74, 6) is -0.708. The fourth-order valence-corrected chi connectivity index (χ4v) is 5.12. The van der Waals surface area contributed by atoms with E-state index >= 15 is 0 Å². The van der Waals surface area contributed by atoms with Crippen molar-refractivity contribution in [2.24, 2.45) is 0 Å². The molecule has 0 saturated heterocycles. The van der Waals surface area contributed by atoms with E-state index in [4.69, 9.17) is 23.2 Å². The van der Waals surface area contributed by atoms with Gasteiger partial charge in [-0.1, -0.05) is 29.3 Å². The molecule has 1 atom stereocenters. The maximum absolute atomic E-state index is 13.6. The van der Waals surface area contributed by atoms with Crippen LogP contribution in [0.3, 0.4) is 0 Å². The molecule has 1 unspecified atom stereocenters. The van der Waals surface area contributed by atoms with Crippen LogP contribution >= 0.6 is 23.2 Å². The van der Waals surface area contributed by atoms with Crippen LogP contribution in [-0.2, 0) is 14.8 Å². The molecule has 1 aromatic heterocycles. The number of hydrogen-bond acceptors (Lipinski definition) is 5. The third kappa shape index (κ3) is 4.12. The van der Waals surface area contributed by atoms with Gasteiger partial charge in [-0.05, 0) is 55.8 Å². The van der Waals surface area contributed by atoms with E-state index in [9.17, 15) is 17.6 Å². The molecule has 4 rings (SSSR count). The maximum atomic E-state index is 13.6. The number of aromatic nitrogens is 2. The quantitative estimate of drug-likeness (QED) is 0.548. The van der Waals surface area contributed by atoms with Gasteiger partial charge in [-0.25, -0.2) is 21.8 Å². The number of amides is 1. The van der Waals surface area contributed by atoms with Crippen LogP contribution in [0, 0.1) is 12.7 Å². The molecular weight excluding hydrogens is 490 g/mol. The topological polar surface area (TPSA) is 84.3 Å². The summed E-state index contributed by atoms with van der Waals surface area (Å²) in [6.07, 6.45) is 0.